The highest BCUT2D eigenvalue weighted by Crippen LogP contribution is 2.17. The fraction of sp³-hybridized carbons (Fsp3) is 0.562. The lowest BCUT2D eigenvalue weighted by Gasteiger charge is -2.23. The standard InChI is InChI=1S/C16H24ClFN2O2/c1-5-12(20-15(21)22-16(2,3)4)10-19-9-11-7-6-8-13(17)14(11)18/h6-8,12,19H,5,9-10H2,1-4H3,(H,20,21). The Bertz CT molecular complexity index is 503. The second-order valence-corrected chi connectivity index (χ2v) is 6.50. The average Bonchev–Trinajstić information content (AvgIpc) is 2.40. The zero-order chi connectivity index (χ0) is 16.8. The van der Waals surface area contributed by atoms with Gasteiger partial charge in [0.05, 0.1) is 5.02 Å². The lowest BCUT2D eigenvalue weighted by Crippen LogP contribution is -2.43. The van der Waals surface area contributed by atoms with E-state index in [0.29, 0.717) is 18.7 Å². The zero-order valence-electron chi connectivity index (χ0n) is 13.5. The van der Waals surface area contributed by atoms with Gasteiger partial charge in [-0.2, -0.15) is 0 Å². The number of hydrogen-bond acceptors (Lipinski definition) is 3. The van der Waals surface area contributed by atoms with Crippen molar-refractivity contribution in [2.45, 2.75) is 52.3 Å². The van der Waals surface area contributed by atoms with Gasteiger partial charge < -0.3 is 15.4 Å². The summed E-state index contributed by atoms with van der Waals surface area (Å²) in [5.74, 6) is -0.412. The van der Waals surface area contributed by atoms with Crippen molar-refractivity contribution in [3.63, 3.8) is 0 Å². The molecule has 0 saturated heterocycles. The smallest absolute Gasteiger partial charge is 0.407 e. The molecule has 0 fully saturated rings. The van der Waals surface area contributed by atoms with Crippen LogP contribution >= 0.6 is 11.6 Å². The summed E-state index contributed by atoms with van der Waals surface area (Å²) in [7, 11) is 0. The van der Waals surface area contributed by atoms with E-state index in [1.165, 1.54) is 6.07 Å². The minimum Gasteiger partial charge on any atom is -0.444 e. The van der Waals surface area contributed by atoms with Crippen molar-refractivity contribution in [3.05, 3.63) is 34.6 Å². The summed E-state index contributed by atoms with van der Waals surface area (Å²) in [6.07, 6.45) is 0.291. The van der Waals surface area contributed by atoms with Crippen LogP contribution in [0.3, 0.4) is 0 Å². The monoisotopic (exact) mass is 330 g/mol. The van der Waals surface area contributed by atoms with E-state index in [1.807, 2.05) is 27.7 Å². The van der Waals surface area contributed by atoms with Crippen LogP contribution < -0.4 is 10.6 Å². The van der Waals surface area contributed by atoms with Gasteiger partial charge in [-0.1, -0.05) is 30.7 Å². The summed E-state index contributed by atoms with van der Waals surface area (Å²) in [5, 5.41) is 6.02. The maximum Gasteiger partial charge on any atom is 0.407 e. The van der Waals surface area contributed by atoms with Gasteiger partial charge in [0.2, 0.25) is 0 Å². The number of alkyl carbamates (subject to hydrolysis) is 1. The van der Waals surface area contributed by atoms with Crippen molar-refractivity contribution < 1.29 is 13.9 Å². The van der Waals surface area contributed by atoms with E-state index in [9.17, 15) is 9.18 Å². The van der Waals surface area contributed by atoms with Gasteiger partial charge in [0.25, 0.3) is 0 Å². The fourth-order valence-electron chi connectivity index (χ4n) is 1.84. The lowest BCUT2D eigenvalue weighted by molar-refractivity contribution is 0.0502. The van der Waals surface area contributed by atoms with Crippen LogP contribution in [0.4, 0.5) is 9.18 Å². The van der Waals surface area contributed by atoms with Crippen molar-refractivity contribution in [3.8, 4) is 0 Å². The fourth-order valence-corrected chi connectivity index (χ4v) is 2.03. The van der Waals surface area contributed by atoms with Gasteiger partial charge in [-0.15, -0.1) is 0 Å². The molecule has 124 valence electrons. The number of halogens is 2. The van der Waals surface area contributed by atoms with E-state index in [-0.39, 0.29) is 11.1 Å². The van der Waals surface area contributed by atoms with Crippen LogP contribution in [0.25, 0.3) is 0 Å². The Morgan fingerprint density at radius 1 is 1.41 bits per heavy atom. The molecule has 0 aliphatic rings. The molecule has 0 radical (unpaired) electrons. The quantitative estimate of drug-likeness (QED) is 0.832. The predicted molar refractivity (Wildman–Crippen MR) is 86.6 cm³/mol. The third-order valence-electron chi connectivity index (χ3n) is 2.95. The number of benzene rings is 1. The molecular formula is C16H24ClFN2O2. The number of carbonyl (C=O) groups is 1. The normalized spacial score (nSPS) is 12.8. The van der Waals surface area contributed by atoms with Crippen LogP contribution in [0.5, 0.6) is 0 Å². The van der Waals surface area contributed by atoms with Crippen molar-refractivity contribution in [1.29, 1.82) is 0 Å². The molecule has 0 aliphatic carbocycles. The Kier molecular flexibility index (Phi) is 7.10. The van der Waals surface area contributed by atoms with Crippen LogP contribution in [-0.4, -0.2) is 24.3 Å². The molecule has 1 atom stereocenters. The molecule has 4 nitrogen and oxygen atoms in total. The molecule has 0 heterocycles. The Morgan fingerprint density at radius 2 is 2.09 bits per heavy atom. The van der Waals surface area contributed by atoms with Crippen molar-refractivity contribution >= 4 is 17.7 Å². The summed E-state index contributed by atoms with van der Waals surface area (Å²) in [4.78, 5) is 11.7. The van der Waals surface area contributed by atoms with Gasteiger partial charge in [0.1, 0.15) is 11.4 Å². The molecular weight excluding hydrogens is 307 g/mol. The van der Waals surface area contributed by atoms with E-state index in [0.717, 1.165) is 6.42 Å². The van der Waals surface area contributed by atoms with Crippen LogP contribution in [0, 0.1) is 5.82 Å². The maximum atomic E-state index is 13.7. The Balaban J connectivity index is 2.44. The van der Waals surface area contributed by atoms with E-state index >= 15 is 0 Å². The summed E-state index contributed by atoms with van der Waals surface area (Å²) in [6.45, 7) is 8.26. The number of amides is 1. The number of rotatable bonds is 6. The van der Waals surface area contributed by atoms with E-state index in [4.69, 9.17) is 16.3 Å². The molecule has 1 unspecified atom stereocenters. The minimum atomic E-state index is -0.528. The first kappa shape index (κ1) is 18.7. The number of hydrogen-bond donors (Lipinski definition) is 2. The van der Waals surface area contributed by atoms with Gasteiger partial charge in [-0.05, 0) is 33.3 Å². The van der Waals surface area contributed by atoms with Gasteiger partial charge in [-0.25, -0.2) is 9.18 Å². The van der Waals surface area contributed by atoms with Crippen molar-refractivity contribution in [1.82, 2.24) is 10.6 Å². The highest BCUT2D eigenvalue weighted by molar-refractivity contribution is 6.30. The number of ether oxygens (including phenoxy) is 1. The van der Waals surface area contributed by atoms with Gasteiger partial charge in [0.15, 0.2) is 0 Å². The van der Waals surface area contributed by atoms with Crippen LogP contribution in [0.15, 0.2) is 18.2 Å². The van der Waals surface area contributed by atoms with Gasteiger partial charge in [0, 0.05) is 24.7 Å². The molecule has 6 heteroatoms. The van der Waals surface area contributed by atoms with E-state index in [2.05, 4.69) is 10.6 Å². The zero-order valence-corrected chi connectivity index (χ0v) is 14.3. The topological polar surface area (TPSA) is 50.4 Å². The average molecular weight is 331 g/mol. The second kappa shape index (κ2) is 8.34. The lowest BCUT2D eigenvalue weighted by atomic mass is 10.2. The van der Waals surface area contributed by atoms with Gasteiger partial charge in [-0.3, -0.25) is 0 Å². The summed E-state index contributed by atoms with van der Waals surface area (Å²) < 4.78 is 19.0. The van der Waals surface area contributed by atoms with E-state index in [1.54, 1.807) is 12.1 Å². The Labute approximate surface area is 136 Å². The first-order valence-corrected chi connectivity index (χ1v) is 7.74. The largest absolute Gasteiger partial charge is 0.444 e. The highest BCUT2D eigenvalue weighted by Gasteiger charge is 2.18. The first-order valence-electron chi connectivity index (χ1n) is 7.36. The van der Waals surface area contributed by atoms with Crippen LogP contribution in [0.1, 0.15) is 39.7 Å². The number of nitrogens with one attached hydrogen (secondary N) is 2. The molecule has 0 aromatic heterocycles. The second-order valence-electron chi connectivity index (χ2n) is 6.10. The molecule has 0 aliphatic heterocycles. The van der Waals surface area contributed by atoms with Crippen molar-refractivity contribution in [2.75, 3.05) is 6.54 Å². The summed E-state index contributed by atoms with van der Waals surface area (Å²) >= 11 is 5.74. The number of carbonyl (C=O) groups excluding carboxylic acids is 1. The van der Waals surface area contributed by atoms with Crippen LogP contribution in [0.2, 0.25) is 5.02 Å². The highest BCUT2D eigenvalue weighted by atomic mass is 35.5. The first-order chi connectivity index (χ1) is 10.2. The maximum absolute atomic E-state index is 13.7. The molecule has 1 rings (SSSR count). The van der Waals surface area contributed by atoms with Crippen molar-refractivity contribution in [2.24, 2.45) is 0 Å². The molecule has 1 aromatic carbocycles. The van der Waals surface area contributed by atoms with Gasteiger partial charge >= 0.3 is 6.09 Å². The molecule has 1 amide bonds. The molecule has 2 N–H and O–H groups in total. The molecule has 0 saturated carbocycles. The molecule has 0 bridgehead atoms. The molecule has 1 aromatic rings. The Hall–Kier alpha value is -1.33. The third-order valence-corrected chi connectivity index (χ3v) is 3.24. The Morgan fingerprint density at radius 3 is 2.68 bits per heavy atom. The molecule has 22 heavy (non-hydrogen) atoms. The summed E-state index contributed by atoms with van der Waals surface area (Å²) in [6, 6.07) is 4.81. The SMILES string of the molecule is CCC(CNCc1cccc(Cl)c1F)NC(=O)OC(C)(C)C. The van der Waals surface area contributed by atoms with E-state index < -0.39 is 17.5 Å². The minimum absolute atomic E-state index is 0.0860. The summed E-state index contributed by atoms with van der Waals surface area (Å²) in [5.41, 5.74) is -0.0284. The third kappa shape index (κ3) is 6.62. The van der Waals surface area contributed by atoms with Crippen LogP contribution in [-0.2, 0) is 11.3 Å². The predicted octanol–water partition coefficient (Wildman–Crippen LogP) is 3.87. The molecule has 0 spiro atoms.